The van der Waals surface area contributed by atoms with Gasteiger partial charge in [-0.25, -0.2) is 4.79 Å². The number of carbonyl (C=O) groups excluding carboxylic acids is 1. The predicted octanol–water partition coefficient (Wildman–Crippen LogP) is 3.10. The van der Waals surface area contributed by atoms with Gasteiger partial charge in [-0.15, -0.1) is 23.5 Å². The number of nitriles is 1. The molecule has 1 aliphatic heterocycles. The van der Waals surface area contributed by atoms with Crippen molar-refractivity contribution in [1.29, 1.82) is 5.26 Å². The number of ether oxygens (including phenoxy) is 1. The van der Waals surface area contributed by atoms with Gasteiger partial charge in [0.15, 0.2) is 0 Å². The molecule has 5 heteroatoms. The number of hydrogen-bond donors (Lipinski definition) is 0. The Labute approximate surface area is 110 Å². The van der Waals surface area contributed by atoms with E-state index in [9.17, 15) is 4.79 Å². The Morgan fingerprint density at radius 2 is 1.94 bits per heavy atom. The topological polar surface area (TPSA) is 50.1 Å². The molecular weight excluding hydrogens is 254 g/mol. The van der Waals surface area contributed by atoms with Crippen LogP contribution in [-0.4, -0.2) is 23.1 Å². The molecule has 1 rings (SSSR count). The molecule has 0 aliphatic carbocycles. The fourth-order valence-electron chi connectivity index (χ4n) is 1.10. The Bertz CT molecular complexity index is 392. The molecule has 1 fully saturated rings. The van der Waals surface area contributed by atoms with E-state index in [1.54, 1.807) is 23.5 Å². The molecule has 1 saturated heterocycles. The number of carbonyl (C=O) groups is 1. The van der Waals surface area contributed by atoms with Gasteiger partial charge in [0, 0.05) is 17.6 Å². The lowest BCUT2D eigenvalue weighted by atomic mass is 10.2. The third kappa shape index (κ3) is 5.33. The minimum atomic E-state index is -0.502. The highest BCUT2D eigenvalue weighted by atomic mass is 32.2. The Kier molecular flexibility index (Phi) is 5.16. The third-order valence-electron chi connectivity index (χ3n) is 1.68. The van der Waals surface area contributed by atoms with E-state index in [1.165, 1.54) is 12.2 Å². The fraction of sp³-hybridized carbons (Fsp3) is 0.500. The van der Waals surface area contributed by atoms with Crippen molar-refractivity contribution >= 4 is 29.5 Å². The van der Waals surface area contributed by atoms with Crippen LogP contribution in [0.4, 0.5) is 0 Å². The van der Waals surface area contributed by atoms with Crippen LogP contribution >= 0.6 is 23.5 Å². The number of hydrogen-bond acceptors (Lipinski definition) is 5. The van der Waals surface area contributed by atoms with Gasteiger partial charge in [0.2, 0.25) is 0 Å². The number of esters is 1. The van der Waals surface area contributed by atoms with Gasteiger partial charge in [-0.2, -0.15) is 5.26 Å². The highest BCUT2D eigenvalue weighted by molar-refractivity contribution is 8.25. The molecule has 0 spiro atoms. The molecule has 1 aliphatic rings. The highest BCUT2D eigenvalue weighted by Crippen LogP contribution is 2.38. The fourth-order valence-corrected chi connectivity index (χ4v) is 3.51. The second-order valence-electron chi connectivity index (χ2n) is 4.38. The van der Waals surface area contributed by atoms with Gasteiger partial charge in [-0.1, -0.05) is 0 Å². The maximum Gasteiger partial charge on any atom is 0.331 e. The summed E-state index contributed by atoms with van der Waals surface area (Å²) in [6, 6.07) is 2.11. The van der Waals surface area contributed by atoms with Gasteiger partial charge in [0.25, 0.3) is 0 Å². The molecule has 0 aromatic rings. The molecule has 0 bridgehead atoms. The van der Waals surface area contributed by atoms with E-state index in [0.29, 0.717) is 5.57 Å². The van der Waals surface area contributed by atoms with Crippen LogP contribution in [0.15, 0.2) is 22.0 Å². The van der Waals surface area contributed by atoms with Crippen LogP contribution in [0.5, 0.6) is 0 Å². The third-order valence-corrected chi connectivity index (χ3v) is 4.43. The van der Waals surface area contributed by atoms with Crippen molar-refractivity contribution in [3.63, 3.8) is 0 Å². The van der Waals surface area contributed by atoms with Crippen molar-refractivity contribution < 1.29 is 9.53 Å². The van der Waals surface area contributed by atoms with Gasteiger partial charge >= 0.3 is 5.97 Å². The molecule has 0 amide bonds. The number of rotatable bonds is 2. The quantitative estimate of drug-likeness (QED) is 0.438. The van der Waals surface area contributed by atoms with Gasteiger partial charge in [0.1, 0.15) is 11.7 Å². The molecule has 0 atom stereocenters. The lowest BCUT2D eigenvalue weighted by Gasteiger charge is -2.17. The van der Waals surface area contributed by atoms with Crippen molar-refractivity contribution in [3.8, 4) is 6.07 Å². The van der Waals surface area contributed by atoms with Crippen molar-refractivity contribution in [2.75, 3.05) is 11.5 Å². The first-order valence-electron chi connectivity index (χ1n) is 5.23. The van der Waals surface area contributed by atoms with Crippen LogP contribution < -0.4 is 0 Å². The molecule has 0 N–H and O–H groups in total. The highest BCUT2D eigenvalue weighted by Gasteiger charge is 2.15. The van der Waals surface area contributed by atoms with Gasteiger partial charge in [-0.05, 0) is 26.8 Å². The van der Waals surface area contributed by atoms with Crippen LogP contribution in [0.3, 0.4) is 0 Å². The Morgan fingerprint density at radius 1 is 1.35 bits per heavy atom. The minimum Gasteiger partial charge on any atom is -0.457 e. The summed E-state index contributed by atoms with van der Waals surface area (Å²) in [7, 11) is 0. The van der Waals surface area contributed by atoms with E-state index in [0.717, 1.165) is 15.7 Å². The monoisotopic (exact) mass is 269 g/mol. The standard InChI is InChI=1S/C12H15NO2S2/c1-12(2,3)15-10(14)5-4-9(8-13)11-16-6-7-17-11/h4-5H,6-7H2,1-3H3/b5-4+. The maximum atomic E-state index is 11.4. The Hall–Kier alpha value is -0.860. The Balaban J connectivity index is 2.67. The molecule has 0 saturated carbocycles. The largest absolute Gasteiger partial charge is 0.457 e. The summed E-state index contributed by atoms with van der Waals surface area (Å²) < 4.78 is 6.12. The summed E-state index contributed by atoms with van der Waals surface area (Å²) in [5, 5.41) is 8.99. The first-order chi connectivity index (χ1) is 7.92. The molecule has 1 heterocycles. The van der Waals surface area contributed by atoms with E-state index >= 15 is 0 Å². The number of thioether (sulfide) groups is 2. The first kappa shape index (κ1) is 14.2. The zero-order chi connectivity index (χ0) is 12.9. The van der Waals surface area contributed by atoms with E-state index in [-0.39, 0.29) is 0 Å². The lowest BCUT2D eigenvalue weighted by molar-refractivity contribution is -0.148. The van der Waals surface area contributed by atoms with E-state index in [2.05, 4.69) is 6.07 Å². The van der Waals surface area contributed by atoms with E-state index < -0.39 is 11.6 Å². The van der Waals surface area contributed by atoms with Crippen molar-refractivity contribution in [3.05, 3.63) is 22.0 Å². The number of nitrogens with zero attached hydrogens (tertiary/aromatic N) is 1. The summed E-state index contributed by atoms with van der Waals surface area (Å²) in [4.78, 5) is 11.4. The molecule has 3 nitrogen and oxygen atoms in total. The average molecular weight is 269 g/mol. The lowest BCUT2D eigenvalue weighted by Crippen LogP contribution is -2.22. The molecule has 17 heavy (non-hydrogen) atoms. The summed E-state index contributed by atoms with van der Waals surface area (Å²) in [6.45, 7) is 5.43. The molecular formula is C12H15NO2S2. The van der Waals surface area contributed by atoms with Crippen LogP contribution in [0.2, 0.25) is 0 Å². The van der Waals surface area contributed by atoms with Crippen LogP contribution in [0.1, 0.15) is 20.8 Å². The van der Waals surface area contributed by atoms with Crippen LogP contribution in [0, 0.1) is 11.3 Å². The van der Waals surface area contributed by atoms with Gasteiger partial charge < -0.3 is 4.74 Å². The molecule has 0 unspecified atom stereocenters. The normalized spacial score (nSPS) is 16.0. The van der Waals surface area contributed by atoms with Crippen LogP contribution in [-0.2, 0) is 9.53 Å². The second-order valence-corrected chi connectivity index (χ2v) is 6.85. The number of allylic oxidation sites excluding steroid dienone is 2. The van der Waals surface area contributed by atoms with E-state index in [1.807, 2.05) is 20.8 Å². The summed E-state index contributed by atoms with van der Waals surface area (Å²) in [5.74, 6) is 1.62. The predicted molar refractivity (Wildman–Crippen MR) is 72.5 cm³/mol. The summed E-state index contributed by atoms with van der Waals surface area (Å²) in [5.41, 5.74) is 0.0430. The molecule has 0 radical (unpaired) electrons. The maximum absolute atomic E-state index is 11.4. The SMILES string of the molecule is CC(C)(C)OC(=O)/C=C/C(C#N)=C1SCCS1. The van der Waals surface area contributed by atoms with Gasteiger partial charge in [-0.3, -0.25) is 0 Å². The first-order valence-corrected chi connectivity index (χ1v) is 7.20. The summed E-state index contributed by atoms with van der Waals surface area (Å²) in [6.07, 6.45) is 2.85. The molecule has 0 aromatic carbocycles. The average Bonchev–Trinajstić information content (AvgIpc) is 2.69. The van der Waals surface area contributed by atoms with E-state index in [4.69, 9.17) is 10.00 Å². The zero-order valence-corrected chi connectivity index (χ0v) is 11.8. The van der Waals surface area contributed by atoms with Crippen molar-refractivity contribution in [1.82, 2.24) is 0 Å². The van der Waals surface area contributed by atoms with Crippen molar-refractivity contribution in [2.45, 2.75) is 26.4 Å². The van der Waals surface area contributed by atoms with Crippen molar-refractivity contribution in [2.24, 2.45) is 0 Å². The summed E-state index contributed by atoms with van der Waals surface area (Å²) >= 11 is 3.31. The Morgan fingerprint density at radius 3 is 2.41 bits per heavy atom. The minimum absolute atomic E-state index is 0.418. The van der Waals surface area contributed by atoms with Crippen LogP contribution in [0.25, 0.3) is 0 Å². The molecule has 0 aromatic heterocycles. The van der Waals surface area contributed by atoms with Gasteiger partial charge in [0.05, 0.1) is 9.81 Å². The smallest absolute Gasteiger partial charge is 0.331 e. The second kappa shape index (κ2) is 6.18. The zero-order valence-electron chi connectivity index (χ0n) is 10.1. The molecule has 92 valence electrons.